The molecule has 0 saturated heterocycles. The molecule has 0 radical (unpaired) electrons. The summed E-state index contributed by atoms with van der Waals surface area (Å²) in [5, 5.41) is 9.79. The van der Waals surface area contributed by atoms with Crippen LogP contribution >= 0.6 is 0 Å². The van der Waals surface area contributed by atoms with Crippen LogP contribution in [0.25, 0.3) is 0 Å². The lowest BCUT2D eigenvalue weighted by atomic mass is 10.0. The van der Waals surface area contributed by atoms with Gasteiger partial charge >= 0.3 is 0 Å². The summed E-state index contributed by atoms with van der Waals surface area (Å²) in [5.41, 5.74) is 1.21. The Kier molecular flexibility index (Phi) is 2.48. The molecule has 1 fully saturated rings. The van der Waals surface area contributed by atoms with Crippen molar-refractivity contribution in [1.29, 1.82) is 0 Å². The molecule has 3 nitrogen and oxygen atoms in total. The Balaban J connectivity index is 1.61. The van der Waals surface area contributed by atoms with Crippen molar-refractivity contribution in [3.8, 4) is 11.5 Å². The van der Waals surface area contributed by atoms with Crippen molar-refractivity contribution >= 4 is 0 Å². The first-order valence-corrected chi connectivity index (χ1v) is 5.89. The molecule has 3 rings (SSSR count). The van der Waals surface area contributed by atoms with Crippen LogP contribution < -0.4 is 9.47 Å². The first-order chi connectivity index (χ1) is 7.83. The van der Waals surface area contributed by atoms with Crippen LogP contribution in [0.5, 0.6) is 11.5 Å². The second-order valence-corrected chi connectivity index (χ2v) is 4.63. The van der Waals surface area contributed by atoms with Crippen LogP contribution in [0.15, 0.2) is 18.2 Å². The molecule has 2 aliphatic rings. The maximum Gasteiger partial charge on any atom is 0.231 e. The van der Waals surface area contributed by atoms with E-state index in [9.17, 15) is 5.11 Å². The normalized spacial score (nSPS) is 19.8. The molecular formula is C13H16O3. The van der Waals surface area contributed by atoms with Gasteiger partial charge in [-0.1, -0.05) is 6.07 Å². The van der Waals surface area contributed by atoms with E-state index in [-0.39, 0.29) is 6.10 Å². The van der Waals surface area contributed by atoms with Crippen molar-refractivity contribution in [1.82, 2.24) is 0 Å². The zero-order chi connectivity index (χ0) is 11.0. The first kappa shape index (κ1) is 9.97. The number of fused-ring (bicyclic) bond motifs is 1. The number of ether oxygens (including phenoxy) is 2. The third-order valence-electron chi connectivity index (χ3n) is 3.33. The Morgan fingerprint density at radius 1 is 1.25 bits per heavy atom. The van der Waals surface area contributed by atoms with E-state index in [1.54, 1.807) is 0 Å². The highest BCUT2D eigenvalue weighted by Crippen LogP contribution is 2.35. The highest BCUT2D eigenvalue weighted by Gasteiger charge is 2.29. The van der Waals surface area contributed by atoms with E-state index >= 15 is 0 Å². The minimum absolute atomic E-state index is 0.120. The Bertz CT molecular complexity index is 385. The molecule has 1 saturated carbocycles. The molecule has 1 aliphatic carbocycles. The van der Waals surface area contributed by atoms with Gasteiger partial charge < -0.3 is 14.6 Å². The molecule has 1 atom stereocenters. The van der Waals surface area contributed by atoms with Crippen LogP contribution in [0.2, 0.25) is 0 Å². The van der Waals surface area contributed by atoms with Crippen LogP contribution in [0.3, 0.4) is 0 Å². The molecule has 0 aromatic heterocycles. The van der Waals surface area contributed by atoms with Crippen molar-refractivity contribution in [2.45, 2.75) is 31.8 Å². The standard InChI is InChI=1S/C13H16O3/c14-11(10-3-4-10)5-1-9-2-6-12-13(7-9)16-8-15-12/h2,6-7,10-11,14H,1,3-5,8H2/t11-/m0/s1. The van der Waals surface area contributed by atoms with Crippen molar-refractivity contribution in [2.24, 2.45) is 5.92 Å². The zero-order valence-corrected chi connectivity index (χ0v) is 9.19. The number of rotatable bonds is 4. The van der Waals surface area contributed by atoms with Gasteiger partial charge in [-0.05, 0) is 49.3 Å². The average Bonchev–Trinajstić information content (AvgIpc) is 3.04. The fraction of sp³-hybridized carbons (Fsp3) is 0.538. The number of aryl methyl sites for hydroxylation is 1. The van der Waals surface area contributed by atoms with Gasteiger partial charge in [0.05, 0.1) is 6.10 Å². The van der Waals surface area contributed by atoms with Gasteiger partial charge in [-0.15, -0.1) is 0 Å². The summed E-state index contributed by atoms with van der Waals surface area (Å²) in [5.74, 6) is 2.22. The summed E-state index contributed by atoms with van der Waals surface area (Å²) in [6.07, 6.45) is 4.04. The van der Waals surface area contributed by atoms with Gasteiger partial charge in [-0.3, -0.25) is 0 Å². The lowest BCUT2D eigenvalue weighted by Crippen LogP contribution is -2.10. The number of benzene rings is 1. The van der Waals surface area contributed by atoms with Crippen LogP contribution in [-0.2, 0) is 6.42 Å². The molecule has 0 spiro atoms. The van der Waals surface area contributed by atoms with E-state index in [0.717, 1.165) is 24.3 Å². The lowest BCUT2D eigenvalue weighted by Gasteiger charge is -2.08. The maximum atomic E-state index is 9.79. The third-order valence-corrected chi connectivity index (χ3v) is 3.33. The molecule has 86 valence electrons. The molecule has 0 amide bonds. The molecule has 3 heteroatoms. The fourth-order valence-electron chi connectivity index (χ4n) is 2.13. The molecule has 1 aliphatic heterocycles. The van der Waals surface area contributed by atoms with E-state index in [0.29, 0.717) is 12.7 Å². The topological polar surface area (TPSA) is 38.7 Å². The lowest BCUT2D eigenvalue weighted by molar-refractivity contribution is 0.142. The minimum atomic E-state index is -0.120. The summed E-state index contributed by atoms with van der Waals surface area (Å²) in [6.45, 7) is 0.323. The second kappa shape index (κ2) is 3.98. The van der Waals surface area contributed by atoms with Crippen molar-refractivity contribution in [3.05, 3.63) is 23.8 Å². The van der Waals surface area contributed by atoms with Gasteiger partial charge in [-0.25, -0.2) is 0 Å². The van der Waals surface area contributed by atoms with Gasteiger partial charge in [0.2, 0.25) is 6.79 Å². The third kappa shape index (κ3) is 2.00. The Labute approximate surface area is 95.0 Å². The van der Waals surface area contributed by atoms with E-state index in [1.807, 2.05) is 18.2 Å². The molecular weight excluding hydrogens is 204 g/mol. The number of aliphatic hydroxyl groups is 1. The average molecular weight is 220 g/mol. The number of hydrogen-bond donors (Lipinski definition) is 1. The van der Waals surface area contributed by atoms with Gasteiger partial charge in [0.1, 0.15) is 0 Å². The predicted molar refractivity (Wildman–Crippen MR) is 59.6 cm³/mol. The Morgan fingerprint density at radius 3 is 2.88 bits per heavy atom. The summed E-state index contributed by atoms with van der Waals surface area (Å²) in [6, 6.07) is 6.01. The van der Waals surface area contributed by atoms with Crippen molar-refractivity contribution in [2.75, 3.05) is 6.79 Å². The van der Waals surface area contributed by atoms with Gasteiger partial charge in [-0.2, -0.15) is 0 Å². The SMILES string of the molecule is O[C@@H](CCc1ccc2c(c1)OCO2)C1CC1. The highest BCUT2D eigenvalue weighted by molar-refractivity contribution is 5.44. The minimum Gasteiger partial charge on any atom is -0.454 e. The summed E-state index contributed by atoms with van der Waals surface area (Å²) in [7, 11) is 0. The van der Waals surface area contributed by atoms with Gasteiger partial charge in [0, 0.05) is 0 Å². The summed E-state index contributed by atoms with van der Waals surface area (Å²) < 4.78 is 10.6. The Morgan fingerprint density at radius 2 is 2.06 bits per heavy atom. The van der Waals surface area contributed by atoms with E-state index in [1.165, 1.54) is 18.4 Å². The van der Waals surface area contributed by atoms with Crippen LogP contribution in [0.1, 0.15) is 24.8 Å². The largest absolute Gasteiger partial charge is 0.454 e. The highest BCUT2D eigenvalue weighted by atomic mass is 16.7. The van der Waals surface area contributed by atoms with Gasteiger partial charge in [0.15, 0.2) is 11.5 Å². The summed E-state index contributed by atoms with van der Waals surface area (Å²) in [4.78, 5) is 0. The maximum absolute atomic E-state index is 9.79. The van der Waals surface area contributed by atoms with E-state index < -0.39 is 0 Å². The van der Waals surface area contributed by atoms with Crippen LogP contribution in [-0.4, -0.2) is 18.0 Å². The molecule has 0 bridgehead atoms. The van der Waals surface area contributed by atoms with Crippen LogP contribution in [0, 0.1) is 5.92 Å². The fourth-order valence-corrected chi connectivity index (χ4v) is 2.13. The van der Waals surface area contributed by atoms with Crippen molar-refractivity contribution < 1.29 is 14.6 Å². The number of hydrogen-bond acceptors (Lipinski definition) is 3. The predicted octanol–water partition coefficient (Wildman–Crippen LogP) is 2.12. The smallest absolute Gasteiger partial charge is 0.231 e. The first-order valence-electron chi connectivity index (χ1n) is 5.89. The van der Waals surface area contributed by atoms with Crippen molar-refractivity contribution in [3.63, 3.8) is 0 Å². The molecule has 1 aromatic carbocycles. The molecule has 0 unspecified atom stereocenters. The van der Waals surface area contributed by atoms with Crippen LogP contribution in [0.4, 0.5) is 0 Å². The Hall–Kier alpha value is -1.22. The monoisotopic (exact) mass is 220 g/mol. The van der Waals surface area contributed by atoms with Gasteiger partial charge in [0.25, 0.3) is 0 Å². The number of aliphatic hydroxyl groups excluding tert-OH is 1. The molecule has 16 heavy (non-hydrogen) atoms. The van der Waals surface area contributed by atoms with E-state index in [4.69, 9.17) is 9.47 Å². The quantitative estimate of drug-likeness (QED) is 0.844. The van der Waals surface area contributed by atoms with E-state index in [2.05, 4.69) is 0 Å². The zero-order valence-electron chi connectivity index (χ0n) is 9.19. The molecule has 1 heterocycles. The molecule has 1 N–H and O–H groups in total. The second-order valence-electron chi connectivity index (χ2n) is 4.63. The molecule has 1 aromatic rings. The summed E-state index contributed by atoms with van der Waals surface area (Å²) >= 11 is 0.